The van der Waals surface area contributed by atoms with Crippen molar-refractivity contribution in [3.8, 4) is 0 Å². The Bertz CT molecular complexity index is 307. The van der Waals surface area contributed by atoms with Crippen LogP contribution in [0, 0.1) is 6.92 Å². The second-order valence-corrected chi connectivity index (χ2v) is 3.55. The minimum absolute atomic E-state index is 1.26. The molecule has 0 fully saturated rings. The summed E-state index contributed by atoms with van der Waals surface area (Å²) in [5.74, 6) is 0. The average molecular weight is 164 g/mol. The predicted molar refractivity (Wildman–Crippen MR) is 51.7 cm³/mol. The van der Waals surface area contributed by atoms with Crippen LogP contribution >= 0.6 is 0 Å². The Hall–Kier alpha value is -0.920. The van der Waals surface area contributed by atoms with Crippen LogP contribution in [0.25, 0.3) is 0 Å². The first-order valence-corrected chi connectivity index (χ1v) is 4.60. The molecule has 2 nitrogen and oxygen atoms in total. The van der Waals surface area contributed by atoms with Crippen molar-refractivity contribution >= 4 is 5.69 Å². The van der Waals surface area contributed by atoms with Crippen molar-refractivity contribution in [1.82, 2.24) is 4.57 Å². The Balaban J connectivity index is 2.61. The molecule has 1 heterocycles. The van der Waals surface area contributed by atoms with Gasteiger partial charge in [0.15, 0.2) is 0 Å². The molecule has 0 spiro atoms. The maximum Gasteiger partial charge on any atom is 0.0583 e. The van der Waals surface area contributed by atoms with Crippen LogP contribution in [0.4, 0.5) is 5.69 Å². The summed E-state index contributed by atoms with van der Waals surface area (Å²) in [6.07, 6.45) is 3.84. The lowest BCUT2D eigenvalue weighted by atomic mass is 10.2. The minimum atomic E-state index is 1.26. The summed E-state index contributed by atoms with van der Waals surface area (Å²) < 4.78 is 2.33. The largest absolute Gasteiger partial charge is 0.386 e. The second-order valence-electron chi connectivity index (χ2n) is 3.55. The Morgan fingerprint density at radius 3 is 2.75 bits per heavy atom. The molecule has 0 atom stereocenters. The molecule has 0 radical (unpaired) electrons. The second kappa shape index (κ2) is 2.54. The summed E-state index contributed by atoms with van der Waals surface area (Å²) in [6, 6.07) is 0. The maximum atomic E-state index is 3.30. The van der Waals surface area contributed by atoms with Crippen molar-refractivity contribution in [2.24, 2.45) is 7.05 Å². The Morgan fingerprint density at radius 2 is 2.08 bits per heavy atom. The Kier molecular flexibility index (Phi) is 1.63. The van der Waals surface area contributed by atoms with E-state index < -0.39 is 0 Å². The van der Waals surface area contributed by atoms with Gasteiger partial charge in [0.05, 0.1) is 5.69 Å². The summed E-state index contributed by atoms with van der Waals surface area (Å²) in [4.78, 5) is 0. The number of fused-ring (bicyclic) bond motifs is 1. The summed E-state index contributed by atoms with van der Waals surface area (Å²) in [7, 11) is 4.18. The number of anilines is 1. The molecular formula is C10H16N2. The molecule has 0 unspecified atom stereocenters. The van der Waals surface area contributed by atoms with Crippen LogP contribution in [0.15, 0.2) is 0 Å². The first-order valence-electron chi connectivity index (χ1n) is 4.60. The van der Waals surface area contributed by atoms with E-state index >= 15 is 0 Å². The van der Waals surface area contributed by atoms with Gasteiger partial charge >= 0.3 is 0 Å². The fourth-order valence-corrected chi connectivity index (χ4v) is 2.29. The van der Waals surface area contributed by atoms with Crippen molar-refractivity contribution in [2.45, 2.75) is 26.2 Å². The lowest BCUT2D eigenvalue weighted by molar-refractivity contribution is 0.787. The van der Waals surface area contributed by atoms with Gasteiger partial charge in [-0.05, 0) is 31.7 Å². The van der Waals surface area contributed by atoms with Gasteiger partial charge < -0.3 is 9.88 Å². The minimum Gasteiger partial charge on any atom is -0.386 e. The van der Waals surface area contributed by atoms with Crippen molar-refractivity contribution in [3.63, 3.8) is 0 Å². The highest BCUT2D eigenvalue weighted by molar-refractivity contribution is 5.60. The molecule has 0 saturated heterocycles. The predicted octanol–water partition coefficient (Wildman–Crippen LogP) is 1.86. The monoisotopic (exact) mass is 164 g/mol. The van der Waals surface area contributed by atoms with Gasteiger partial charge in [0, 0.05) is 25.5 Å². The lowest BCUT2D eigenvalue weighted by Gasteiger charge is -2.03. The van der Waals surface area contributed by atoms with E-state index in [1.54, 1.807) is 5.56 Å². The van der Waals surface area contributed by atoms with Crippen molar-refractivity contribution in [2.75, 3.05) is 12.4 Å². The molecule has 1 aliphatic carbocycles. The Labute approximate surface area is 73.6 Å². The highest BCUT2D eigenvalue weighted by Crippen LogP contribution is 2.33. The SMILES string of the molecule is CNc1c2c(n(C)c1C)CCC2. The maximum absolute atomic E-state index is 3.30. The van der Waals surface area contributed by atoms with E-state index in [0.717, 1.165) is 0 Å². The Morgan fingerprint density at radius 1 is 1.33 bits per heavy atom. The summed E-state index contributed by atoms with van der Waals surface area (Å²) in [5, 5.41) is 3.30. The molecule has 12 heavy (non-hydrogen) atoms. The molecule has 1 N–H and O–H groups in total. The number of hydrogen-bond acceptors (Lipinski definition) is 1. The normalized spacial score (nSPS) is 14.9. The quantitative estimate of drug-likeness (QED) is 0.670. The molecule has 0 aromatic carbocycles. The van der Waals surface area contributed by atoms with Gasteiger partial charge in [-0.1, -0.05) is 0 Å². The van der Waals surface area contributed by atoms with Crippen LogP contribution in [0.1, 0.15) is 23.4 Å². The van der Waals surface area contributed by atoms with Gasteiger partial charge in [0.1, 0.15) is 0 Å². The van der Waals surface area contributed by atoms with Gasteiger partial charge in [-0.25, -0.2) is 0 Å². The van der Waals surface area contributed by atoms with Crippen LogP contribution in [0.3, 0.4) is 0 Å². The first-order chi connectivity index (χ1) is 5.75. The molecule has 66 valence electrons. The van der Waals surface area contributed by atoms with Crippen LogP contribution in [-0.2, 0) is 19.9 Å². The van der Waals surface area contributed by atoms with Crippen LogP contribution < -0.4 is 5.32 Å². The summed E-state index contributed by atoms with van der Waals surface area (Å²) >= 11 is 0. The highest BCUT2D eigenvalue weighted by Gasteiger charge is 2.21. The van der Waals surface area contributed by atoms with E-state index in [0.29, 0.717) is 0 Å². The standard InChI is InChI=1S/C10H16N2/c1-7-10(11-2)8-5-4-6-9(8)12(7)3/h11H,4-6H2,1-3H3. The molecular weight excluding hydrogens is 148 g/mol. The number of aromatic nitrogens is 1. The van der Waals surface area contributed by atoms with E-state index in [9.17, 15) is 0 Å². The van der Waals surface area contributed by atoms with Crippen molar-refractivity contribution in [1.29, 1.82) is 0 Å². The molecule has 1 aromatic heterocycles. The molecule has 1 aliphatic rings. The fraction of sp³-hybridized carbons (Fsp3) is 0.600. The third-order valence-corrected chi connectivity index (χ3v) is 3.01. The molecule has 0 bridgehead atoms. The van der Waals surface area contributed by atoms with Gasteiger partial charge in [-0.3, -0.25) is 0 Å². The molecule has 0 amide bonds. The van der Waals surface area contributed by atoms with Gasteiger partial charge in [-0.15, -0.1) is 0 Å². The molecule has 2 rings (SSSR count). The van der Waals surface area contributed by atoms with Crippen LogP contribution in [-0.4, -0.2) is 11.6 Å². The third kappa shape index (κ3) is 0.808. The first kappa shape index (κ1) is 7.71. The van der Waals surface area contributed by atoms with Crippen molar-refractivity contribution < 1.29 is 0 Å². The number of rotatable bonds is 1. The van der Waals surface area contributed by atoms with E-state index in [1.807, 2.05) is 7.05 Å². The fourth-order valence-electron chi connectivity index (χ4n) is 2.29. The zero-order valence-electron chi connectivity index (χ0n) is 8.07. The van der Waals surface area contributed by atoms with E-state index in [4.69, 9.17) is 0 Å². The summed E-state index contributed by atoms with van der Waals surface area (Å²) in [5.41, 5.74) is 5.83. The van der Waals surface area contributed by atoms with Gasteiger partial charge in [0.2, 0.25) is 0 Å². The number of nitrogens with zero attached hydrogens (tertiary/aromatic N) is 1. The number of nitrogens with one attached hydrogen (secondary N) is 1. The van der Waals surface area contributed by atoms with Crippen LogP contribution in [0.2, 0.25) is 0 Å². The molecule has 0 aliphatic heterocycles. The molecule has 1 aromatic rings. The smallest absolute Gasteiger partial charge is 0.0583 e. The van der Waals surface area contributed by atoms with E-state index in [2.05, 4.69) is 23.9 Å². The van der Waals surface area contributed by atoms with Gasteiger partial charge in [0.25, 0.3) is 0 Å². The lowest BCUT2D eigenvalue weighted by Crippen LogP contribution is -1.97. The van der Waals surface area contributed by atoms with Crippen molar-refractivity contribution in [3.05, 3.63) is 17.0 Å². The van der Waals surface area contributed by atoms with Crippen LogP contribution in [0.5, 0.6) is 0 Å². The van der Waals surface area contributed by atoms with Gasteiger partial charge in [-0.2, -0.15) is 0 Å². The highest BCUT2D eigenvalue weighted by atomic mass is 15.0. The zero-order valence-corrected chi connectivity index (χ0v) is 8.07. The number of hydrogen-bond donors (Lipinski definition) is 1. The van der Waals surface area contributed by atoms with E-state index in [1.165, 1.54) is 36.3 Å². The third-order valence-electron chi connectivity index (χ3n) is 3.01. The molecule has 2 heteroatoms. The van der Waals surface area contributed by atoms with E-state index in [-0.39, 0.29) is 0 Å². The molecule has 0 saturated carbocycles. The topological polar surface area (TPSA) is 17.0 Å². The zero-order chi connectivity index (χ0) is 8.72. The summed E-state index contributed by atoms with van der Waals surface area (Å²) in [6.45, 7) is 2.18. The average Bonchev–Trinajstić information content (AvgIpc) is 2.59.